The van der Waals surface area contributed by atoms with Crippen molar-refractivity contribution in [3.63, 3.8) is 0 Å². The summed E-state index contributed by atoms with van der Waals surface area (Å²) in [5.74, 6) is 0. The minimum absolute atomic E-state index is 0.173. The molecule has 0 saturated carbocycles. The Bertz CT molecular complexity index is 373. The van der Waals surface area contributed by atoms with E-state index in [0.29, 0.717) is 6.04 Å². The first-order chi connectivity index (χ1) is 8.89. The highest BCUT2D eigenvalue weighted by molar-refractivity contribution is 14.1. The van der Waals surface area contributed by atoms with E-state index in [1.807, 2.05) is 0 Å². The molecule has 19 heavy (non-hydrogen) atoms. The molecule has 0 radical (unpaired) electrons. The Morgan fingerprint density at radius 1 is 1.26 bits per heavy atom. The van der Waals surface area contributed by atoms with Crippen LogP contribution in [-0.2, 0) is 0 Å². The first-order valence-electron chi connectivity index (χ1n) is 7.09. The summed E-state index contributed by atoms with van der Waals surface area (Å²) in [7, 11) is 0. The fourth-order valence-corrected chi connectivity index (χ4v) is 2.62. The minimum atomic E-state index is 0.173. The lowest BCUT2D eigenvalue weighted by Gasteiger charge is -2.36. The number of nitrogens with two attached hydrogens (primary N) is 1. The Kier molecular flexibility index (Phi) is 6.77. The van der Waals surface area contributed by atoms with Crippen LogP contribution < -0.4 is 5.73 Å². The van der Waals surface area contributed by atoms with Gasteiger partial charge < -0.3 is 5.73 Å². The third kappa shape index (κ3) is 5.40. The van der Waals surface area contributed by atoms with E-state index in [9.17, 15) is 0 Å². The molecule has 2 N–H and O–H groups in total. The lowest BCUT2D eigenvalue weighted by atomic mass is 9.91. The Labute approximate surface area is 131 Å². The molecule has 0 aromatic heterocycles. The van der Waals surface area contributed by atoms with Gasteiger partial charge in [0.15, 0.2) is 0 Å². The molecule has 1 aromatic carbocycles. The van der Waals surface area contributed by atoms with E-state index >= 15 is 0 Å². The molecule has 1 aromatic rings. The molecule has 0 spiro atoms. The molecule has 108 valence electrons. The van der Waals surface area contributed by atoms with Crippen LogP contribution in [-0.4, -0.2) is 24.5 Å². The summed E-state index contributed by atoms with van der Waals surface area (Å²) in [6, 6.07) is 9.30. The molecule has 0 heterocycles. The summed E-state index contributed by atoms with van der Waals surface area (Å²) < 4.78 is 1.29. The number of benzene rings is 1. The minimum Gasteiger partial charge on any atom is -0.330 e. The van der Waals surface area contributed by atoms with Crippen LogP contribution in [0.4, 0.5) is 0 Å². The zero-order valence-corrected chi connectivity index (χ0v) is 14.8. The van der Waals surface area contributed by atoms with Crippen molar-refractivity contribution >= 4 is 22.6 Å². The third-order valence-electron chi connectivity index (χ3n) is 3.59. The van der Waals surface area contributed by atoms with Gasteiger partial charge in [0.25, 0.3) is 0 Å². The summed E-state index contributed by atoms with van der Waals surface area (Å²) in [5.41, 5.74) is 7.45. The van der Waals surface area contributed by atoms with Gasteiger partial charge in [0.2, 0.25) is 0 Å². The Morgan fingerprint density at radius 2 is 1.84 bits per heavy atom. The van der Waals surface area contributed by atoms with Crippen LogP contribution in [0, 0.1) is 8.99 Å². The summed E-state index contributed by atoms with van der Waals surface area (Å²) in [6.45, 7) is 11.9. The summed E-state index contributed by atoms with van der Waals surface area (Å²) in [4.78, 5) is 2.55. The maximum Gasteiger partial charge on any atom is 0.0320 e. The largest absolute Gasteiger partial charge is 0.330 e. The maximum atomic E-state index is 5.88. The molecule has 1 rings (SSSR count). The first kappa shape index (κ1) is 16.9. The lowest BCUT2D eigenvalue weighted by Crippen LogP contribution is -2.40. The summed E-state index contributed by atoms with van der Waals surface area (Å²) in [6.07, 6.45) is 1.18. The average Bonchev–Trinajstić information content (AvgIpc) is 2.38. The van der Waals surface area contributed by atoms with Crippen LogP contribution in [0.1, 0.15) is 45.7 Å². The van der Waals surface area contributed by atoms with E-state index in [1.165, 1.54) is 15.6 Å². The van der Waals surface area contributed by atoms with Crippen LogP contribution in [0.15, 0.2) is 24.3 Å². The van der Waals surface area contributed by atoms with Crippen molar-refractivity contribution in [2.45, 2.75) is 40.2 Å². The quantitative estimate of drug-likeness (QED) is 0.730. The second-order valence-electron chi connectivity index (χ2n) is 6.07. The van der Waals surface area contributed by atoms with Crippen molar-refractivity contribution in [2.75, 3.05) is 19.6 Å². The maximum absolute atomic E-state index is 5.88. The van der Waals surface area contributed by atoms with Gasteiger partial charge in [0.1, 0.15) is 0 Å². The molecule has 0 amide bonds. The van der Waals surface area contributed by atoms with Crippen molar-refractivity contribution in [1.29, 1.82) is 0 Å². The van der Waals surface area contributed by atoms with Crippen LogP contribution >= 0.6 is 22.6 Å². The summed E-state index contributed by atoms with van der Waals surface area (Å²) >= 11 is 2.35. The molecular formula is C16H27IN2. The van der Waals surface area contributed by atoms with Crippen molar-refractivity contribution in [3.8, 4) is 0 Å². The molecule has 1 atom stereocenters. The molecule has 0 saturated heterocycles. The predicted molar refractivity (Wildman–Crippen MR) is 92.3 cm³/mol. The molecule has 0 aliphatic carbocycles. The van der Waals surface area contributed by atoms with E-state index in [4.69, 9.17) is 5.73 Å². The number of halogens is 1. The second-order valence-corrected chi connectivity index (χ2v) is 7.31. The molecular weight excluding hydrogens is 347 g/mol. The van der Waals surface area contributed by atoms with Crippen LogP contribution in [0.5, 0.6) is 0 Å². The second kappa shape index (κ2) is 7.60. The molecule has 0 aliphatic heterocycles. The van der Waals surface area contributed by atoms with Gasteiger partial charge in [-0.2, -0.15) is 0 Å². The normalized spacial score (nSPS) is 13.8. The topological polar surface area (TPSA) is 29.3 Å². The van der Waals surface area contributed by atoms with E-state index in [-0.39, 0.29) is 5.41 Å². The number of nitrogens with zero attached hydrogens (tertiary/aromatic N) is 1. The number of hydrogen-bond acceptors (Lipinski definition) is 2. The van der Waals surface area contributed by atoms with Gasteiger partial charge >= 0.3 is 0 Å². The average molecular weight is 374 g/mol. The predicted octanol–water partition coefficient (Wildman–Crippen LogP) is 4.05. The SMILES string of the molecule is CCCN(CC(C)(C)CN)C(C)c1ccc(I)cc1. The van der Waals surface area contributed by atoms with Gasteiger partial charge in [-0.1, -0.05) is 32.9 Å². The van der Waals surface area contributed by atoms with Crippen molar-refractivity contribution in [2.24, 2.45) is 11.1 Å². The zero-order chi connectivity index (χ0) is 14.5. The number of hydrogen-bond donors (Lipinski definition) is 1. The van der Waals surface area contributed by atoms with Gasteiger partial charge in [-0.3, -0.25) is 4.90 Å². The highest BCUT2D eigenvalue weighted by Crippen LogP contribution is 2.25. The standard InChI is InChI=1S/C16H27IN2/c1-5-10-19(12-16(3,4)11-18)13(2)14-6-8-15(17)9-7-14/h6-9,13H,5,10-12,18H2,1-4H3. The van der Waals surface area contributed by atoms with Crippen LogP contribution in [0.2, 0.25) is 0 Å². The highest BCUT2D eigenvalue weighted by atomic mass is 127. The first-order valence-corrected chi connectivity index (χ1v) is 8.17. The Hall–Kier alpha value is -0.130. The summed E-state index contributed by atoms with van der Waals surface area (Å²) in [5, 5.41) is 0. The van der Waals surface area contributed by atoms with Crippen molar-refractivity contribution < 1.29 is 0 Å². The van der Waals surface area contributed by atoms with Gasteiger partial charge in [-0.25, -0.2) is 0 Å². The van der Waals surface area contributed by atoms with Gasteiger partial charge in [-0.05, 0) is 72.1 Å². The van der Waals surface area contributed by atoms with E-state index in [0.717, 1.165) is 19.6 Å². The molecule has 3 heteroatoms. The molecule has 0 bridgehead atoms. The van der Waals surface area contributed by atoms with Crippen LogP contribution in [0.3, 0.4) is 0 Å². The molecule has 1 unspecified atom stereocenters. The zero-order valence-electron chi connectivity index (χ0n) is 12.6. The monoisotopic (exact) mass is 374 g/mol. The molecule has 0 fully saturated rings. The fourth-order valence-electron chi connectivity index (χ4n) is 2.26. The third-order valence-corrected chi connectivity index (χ3v) is 4.31. The van der Waals surface area contributed by atoms with Gasteiger partial charge in [0.05, 0.1) is 0 Å². The smallest absolute Gasteiger partial charge is 0.0320 e. The van der Waals surface area contributed by atoms with Crippen molar-refractivity contribution in [1.82, 2.24) is 4.90 Å². The van der Waals surface area contributed by atoms with Crippen LogP contribution in [0.25, 0.3) is 0 Å². The Morgan fingerprint density at radius 3 is 2.32 bits per heavy atom. The highest BCUT2D eigenvalue weighted by Gasteiger charge is 2.23. The van der Waals surface area contributed by atoms with E-state index < -0.39 is 0 Å². The molecule has 2 nitrogen and oxygen atoms in total. The number of rotatable bonds is 7. The van der Waals surface area contributed by atoms with E-state index in [2.05, 4.69) is 79.5 Å². The van der Waals surface area contributed by atoms with Crippen molar-refractivity contribution in [3.05, 3.63) is 33.4 Å². The Balaban J connectivity index is 2.83. The van der Waals surface area contributed by atoms with Gasteiger partial charge in [0, 0.05) is 16.2 Å². The van der Waals surface area contributed by atoms with E-state index in [1.54, 1.807) is 0 Å². The van der Waals surface area contributed by atoms with Gasteiger partial charge in [-0.15, -0.1) is 0 Å². The molecule has 0 aliphatic rings. The fraction of sp³-hybridized carbons (Fsp3) is 0.625. The lowest BCUT2D eigenvalue weighted by molar-refractivity contribution is 0.140.